The summed E-state index contributed by atoms with van der Waals surface area (Å²) in [7, 11) is 0. The van der Waals surface area contributed by atoms with Gasteiger partial charge in [0, 0.05) is 18.7 Å². The van der Waals surface area contributed by atoms with Gasteiger partial charge < -0.3 is 10.2 Å². The summed E-state index contributed by atoms with van der Waals surface area (Å²) in [6, 6.07) is 5.17. The number of carbonyl (C=O) groups excluding carboxylic acids is 3. The van der Waals surface area contributed by atoms with Crippen molar-refractivity contribution in [3.63, 3.8) is 0 Å². The fourth-order valence-corrected chi connectivity index (χ4v) is 2.87. The minimum Gasteiger partial charge on any atom is -0.334 e. The Balaban J connectivity index is 1.67. The first-order valence-corrected chi connectivity index (χ1v) is 6.93. The Morgan fingerprint density at radius 1 is 1.14 bits per heavy atom. The smallest absolute Gasteiger partial charge is 0.324 e. The number of imide groups is 1. The van der Waals surface area contributed by atoms with Crippen molar-refractivity contribution >= 4 is 17.8 Å². The molecule has 1 aromatic rings. The molecule has 2 heterocycles. The number of rotatable bonds is 2. The molecule has 1 N–H and O–H groups in total. The number of amides is 4. The average Bonchev–Trinajstić information content (AvgIpc) is 2.67. The lowest BCUT2D eigenvalue weighted by Crippen LogP contribution is -2.62. The third-order valence-corrected chi connectivity index (χ3v) is 3.86. The number of hydrogen-bond donors (Lipinski definition) is 1. The first-order chi connectivity index (χ1) is 9.95. The second-order valence-corrected chi connectivity index (χ2v) is 5.66. The van der Waals surface area contributed by atoms with Crippen LogP contribution in [0.5, 0.6) is 0 Å². The Morgan fingerprint density at radius 2 is 1.76 bits per heavy atom. The highest BCUT2D eigenvalue weighted by Gasteiger charge is 2.43. The molecule has 2 fully saturated rings. The molecule has 3 rings (SSSR count). The van der Waals surface area contributed by atoms with Crippen LogP contribution in [0.1, 0.15) is 21.5 Å². The van der Waals surface area contributed by atoms with E-state index in [0.717, 1.165) is 11.1 Å². The van der Waals surface area contributed by atoms with Crippen molar-refractivity contribution in [2.24, 2.45) is 0 Å². The monoisotopic (exact) mass is 287 g/mol. The van der Waals surface area contributed by atoms with Crippen LogP contribution in [0.25, 0.3) is 0 Å². The standard InChI is InChI=1S/C15H17N3O3/c1-9-3-10(2)5-11(4-9)14(20)17-7-12(8-17)18-13(19)6-16-15(18)21/h3-5,12H,6-8H2,1-2H3,(H,16,21). The Kier molecular flexibility index (Phi) is 3.16. The lowest BCUT2D eigenvalue weighted by molar-refractivity contribution is -0.128. The molecule has 0 bridgehead atoms. The van der Waals surface area contributed by atoms with Gasteiger partial charge in [-0.2, -0.15) is 0 Å². The van der Waals surface area contributed by atoms with Crippen LogP contribution in [0.3, 0.4) is 0 Å². The van der Waals surface area contributed by atoms with Gasteiger partial charge in [-0.05, 0) is 26.0 Å². The number of likely N-dealkylation sites (tertiary alicyclic amines) is 1. The minimum atomic E-state index is -0.358. The molecular formula is C15H17N3O3. The van der Waals surface area contributed by atoms with Gasteiger partial charge in [0.15, 0.2) is 0 Å². The first-order valence-electron chi connectivity index (χ1n) is 6.93. The van der Waals surface area contributed by atoms with Gasteiger partial charge in [0.2, 0.25) is 5.91 Å². The number of hydrogen-bond acceptors (Lipinski definition) is 3. The van der Waals surface area contributed by atoms with Crippen LogP contribution >= 0.6 is 0 Å². The van der Waals surface area contributed by atoms with Gasteiger partial charge in [0.05, 0.1) is 12.6 Å². The zero-order valence-electron chi connectivity index (χ0n) is 12.0. The van der Waals surface area contributed by atoms with Crippen molar-refractivity contribution in [1.82, 2.24) is 15.1 Å². The molecule has 0 radical (unpaired) electrons. The number of urea groups is 1. The molecule has 0 aromatic heterocycles. The molecule has 0 saturated carbocycles. The Bertz CT molecular complexity index is 599. The normalized spacial score (nSPS) is 18.8. The summed E-state index contributed by atoms with van der Waals surface area (Å²) in [5.74, 6) is -0.270. The van der Waals surface area contributed by atoms with Gasteiger partial charge in [0.1, 0.15) is 0 Å². The molecule has 1 aromatic carbocycles. The fraction of sp³-hybridized carbons (Fsp3) is 0.400. The maximum absolute atomic E-state index is 12.4. The highest BCUT2D eigenvalue weighted by Crippen LogP contribution is 2.21. The molecule has 6 heteroatoms. The molecule has 4 amide bonds. The summed E-state index contributed by atoms with van der Waals surface area (Å²) in [5, 5.41) is 2.49. The summed E-state index contributed by atoms with van der Waals surface area (Å²) in [6.07, 6.45) is 0. The van der Waals surface area contributed by atoms with Crippen LogP contribution in [0.15, 0.2) is 18.2 Å². The van der Waals surface area contributed by atoms with Crippen LogP contribution in [-0.4, -0.2) is 53.3 Å². The van der Waals surface area contributed by atoms with E-state index in [1.807, 2.05) is 32.0 Å². The van der Waals surface area contributed by atoms with E-state index in [1.165, 1.54) is 4.90 Å². The Morgan fingerprint density at radius 3 is 2.29 bits per heavy atom. The molecule has 0 aliphatic carbocycles. The van der Waals surface area contributed by atoms with Crippen molar-refractivity contribution in [2.75, 3.05) is 19.6 Å². The lowest BCUT2D eigenvalue weighted by atomic mass is 10.0. The van der Waals surface area contributed by atoms with Gasteiger partial charge in [-0.15, -0.1) is 0 Å². The van der Waals surface area contributed by atoms with Gasteiger partial charge in [0.25, 0.3) is 5.91 Å². The van der Waals surface area contributed by atoms with Gasteiger partial charge in [-0.25, -0.2) is 4.79 Å². The van der Waals surface area contributed by atoms with Crippen LogP contribution < -0.4 is 5.32 Å². The molecule has 21 heavy (non-hydrogen) atoms. The zero-order chi connectivity index (χ0) is 15.1. The second-order valence-electron chi connectivity index (χ2n) is 5.66. The molecule has 2 aliphatic rings. The molecule has 2 saturated heterocycles. The zero-order valence-corrected chi connectivity index (χ0v) is 12.0. The average molecular weight is 287 g/mol. The van der Waals surface area contributed by atoms with Crippen molar-refractivity contribution in [1.29, 1.82) is 0 Å². The van der Waals surface area contributed by atoms with E-state index >= 15 is 0 Å². The lowest BCUT2D eigenvalue weighted by Gasteiger charge is -2.42. The van der Waals surface area contributed by atoms with Crippen LogP contribution in [0.4, 0.5) is 4.79 Å². The van der Waals surface area contributed by atoms with E-state index in [0.29, 0.717) is 18.7 Å². The van der Waals surface area contributed by atoms with Crippen LogP contribution in [-0.2, 0) is 4.79 Å². The molecule has 2 aliphatic heterocycles. The van der Waals surface area contributed by atoms with Gasteiger partial charge >= 0.3 is 6.03 Å². The van der Waals surface area contributed by atoms with Crippen molar-refractivity contribution in [3.05, 3.63) is 34.9 Å². The number of benzene rings is 1. The van der Waals surface area contributed by atoms with E-state index in [1.54, 1.807) is 4.90 Å². The Labute approximate surface area is 122 Å². The predicted octanol–water partition coefficient (Wildman–Crippen LogP) is 0.680. The molecule has 6 nitrogen and oxygen atoms in total. The quantitative estimate of drug-likeness (QED) is 0.813. The van der Waals surface area contributed by atoms with Crippen LogP contribution in [0.2, 0.25) is 0 Å². The summed E-state index contributed by atoms with van der Waals surface area (Å²) in [6.45, 7) is 4.78. The summed E-state index contributed by atoms with van der Waals surface area (Å²) in [4.78, 5) is 38.4. The van der Waals surface area contributed by atoms with E-state index in [4.69, 9.17) is 0 Å². The SMILES string of the molecule is Cc1cc(C)cc(C(=O)N2CC(N3C(=O)CNC3=O)C2)c1. The fourth-order valence-electron chi connectivity index (χ4n) is 2.87. The minimum absolute atomic E-state index is 0.0508. The van der Waals surface area contributed by atoms with Crippen molar-refractivity contribution < 1.29 is 14.4 Å². The molecule has 0 spiro atoms. The van der Waals surface area contributed by atoms with Crippen molar-refractivity contribution in [3.8, 4) is 0 Å². The summed E-state index contributed by atoms with van der Waals surface area (Å²) >= 11 is 0. The topological polar surface area (TPSA) is 69.7 Å². The summed E-state index contributed by atoms with van der Waals surface area (Å²) < 4.78 is 0. The highest BCUT2D eigenvalue weighted by molar-refractivity contribution is 6.03. The maximum Gasteiger partial charge on any atom is 0.324 e. The first kappa shape index (κ1) is 13.6. The van der Waals surface area contributed by atoms with E-state index in [9.17, 15) is 14.4 Å². The van der Waals surface area contributed by atoms with Crippen LogP contribution in [0, 0.1) is 13.8 Å². The molecule has 110 valence electrons. The largest absolute Gasteiger partial charge is 0.334 e. The second kappa shape index (κ2) is 4.87. The molecule has 0 unspecified atom stereocenters. The number of aryl methyl sites for hydroxylation is 2. The van der Waals surface area contributed by atoms with E-state index < -0.39 is 0 Å². The van der Waals surface area contributed by atoms with Gasteiger partial charge in [-0.3, -0.25) is 14.5 Å². The van der Waals surface area contributed by atoms with Crippen molar-refractivity contribution in [2.45, 2.75) is 19.9 Å². The third-order valence-electron chi connectivity index (χ3n) is 3.86. The van der Waals surface area contributed by atoms with Gasteiger partial charge in [-0.1, -0.05) is 17.2 Å². The molecule has 0 atom stereocenters. The van der Waals surface area contributed by atoms with E-state index in [2.05, 4.69) is 5.32 Å². The number of nitrogens with zero attached hydrogens (tertiary/aromatic N) is 2. The number of nitrogens with one attached hydrogen (secondary N) is 1. The predicted molar refractivity (Wildman–Crippen MR) is 75.9 cm³/mol. The highest BCUT2D eigenvalue weighted by atomic mass is 16.2. The number of carbonyl (C=O) groups is 3. The molecular weight excluding hydrogens is 270 g/mol. The third kappa shape index (κ3) is 2.37. The summed E-state index contributed by atoms with van der Waals surface area (Å²) in [5.41, 5.74) is 2.75. The van der Waals surface area contributed by atoms with E-state index in [-0.39, 0.29) is 30.4 Å². The maximum atomic E-state index is 12.4. The Hall–Kier alpha value is -2.37.